The van der Waals surface area contributed by atoms with Gasteiger partial charge in [-0.15, -0.1) is 0 Å². The van der Waals surface area contributed by atoms with Gasteiger partial charge in [-0.05, 0) is 13.3 Å². The summed E-state index contributed by atoms with van der Waals surface area (Å²) in [4.78, 5) is 23.0. The van der Waals surface area contributed by atoms with Crippen LogP contribution in [0.25, 0.3) is 11.0 Å². The number of nitrogens with zero attached hydrogens (tertiary/aromatic N) is 5. The number of rotatable bonds is 4. The lowest BCUT2D eigenvalue weighted by molar-refractivity contribution is 0.0792. The Morgan fingerprint density at radius 1 is 1.52 bits per heavy atom. The van der Waals surface area contributed by atoms with Crippen molar-refractivity contribution in [3.8, 4) is 0 Å². The van der Waals surface area contributed by atoms with Crippen LogP contribution in [-0.4, -0.2) is 61.2 Å². The first-order valence-electron chi connectivity index (χ1n) is 7.93. The van der Waals surface area contributed by atoms with E-state index in [0.717, 1.165) is 6.42 Å². The Kier molecular flexibility index (Phi) is 4.36. The number of fused-ring (bicyclic) bond motifs is 1. The van der Waals surface area contributed by atoms with Gasteiger partial charge in [-0.25, -0.2) is 4.98 Å². The van der Waals surface area contributed by atoms with Crippen LogP contribution >= 0.6 is 0 Å². The molecular weight excluding hydrogens is 324 g/mol. The third-order valence-corrected chi connectivity index (χ3v) is 4.28. The van der Waals surface area contributed by atoms with E-state index in [4.69, 9.17) is 16.9 Å². The summed E-state index contributed by atoms with van der Waals surface area (Å²) in [6.07, 6.45) is 3.78. The molecular formula is C15H20N8O2. The van der Waals surface area contributed by atoms with E-state index < -0.39 is 5.84 Å². The number of aryl methyl sites for hydroxylation is 1. The molecule has 25 heavy (non-hydrogen) atoms. The Morgan fingerprint density at radius 3 is 2.84 bits per heavy atom. The maximum Gasteiger partial charge on any atom is 0.257 e. The Labute approximate surface area is 143 Å². The summed E-state index contributed by atoms with van der Waals surface area (Å²) in [7, 11) is 0. The van der Waals surface area contributed by atoms with E-state index in [0.29, 0.717) is 36.2 Å². The monoisotopic (exact) mass is 344 g/mol. The number of nitrogens with one attached hydrogen (secondary N) is 1. The number of pyridine rings is 1. The van der Waals surface area contributed by atoms with Crippen LogP contribution in [0, 0.1) is 5.41 Å². The normalized spacial score (nSPS) is 18.1. The molecule has 3 heterocycles. The van der Waals surface area contributed by atoms with E-state index in [1.807, 2.05) is 6.92 Å². The fourth-order valence-electron chi connectivity index (χ4n) is 3.09. The molecule has 10 heteroatoms. The number of imidazole rings is 1. The Hall–Kier alpha value is -3.01. The van der Waals surface area contributed by atoms with Crippen molar-refractivity contribution < 1.29 is 10.0 Å². The summed E-state index contributed by atoms with van der Waals surface area (Å²) in [6.45, 7) is 3.40. The minimum Gasteiger partial charge on any atom is -0.410 e. The van der Waals surface area contributed by atoms with E-state index in [-0.39, 0.29) is 23.5 Å². The molecule has 1 aliphatic rings. The van der Waals surface area contributed by atoms with Crippen LogP contribution in [0.3, 0.4) is 0 Å². The zero-order valence-electron chi connectivity index (χ0n) is 13.8. The van der Waals surface area contributed by atoms with Gasteiger partial charge < -0.3 is 26.1 Å². The average molecular weight is 344 g/mol. The lowest BCUT2D eigenvalue weighted by atomic mass is 10.2. The third-order valence-electron chi connectivity index (χ3n) is 4.28. The largest absolute Gasteiger partial charge is 0.410 e. The summed E-state index contributed by atoms with van der Waals surface area (Å²) in [5.74, 6) is -0.371. The fraction of sp³-hybridized carbons (Fsp3) is 0.400. The number of amidine groups is 1. The van der Waals surface area contributed by atoms with Crippen LogP contribution in [0.1, 0.15) is 29.5 Å². The molecule has 1 aliphatic heterocycles. The lowest BCUT2D eigenvalue weighted by Gasteiger charge is -2.17. The topological polar surface area (TPSA) is 160 Å². The molecule has 2 aromatic rings. The van der Waals surface area contributed by atoms with Gasteiger partial charge in [0.2, 0.25) is 0 Å². The molecule has 0 saturated carbocycles. The van der Waals surface area contributed by atoms with Crippen molar-refractivity contribution in [2.45, 2.75) is 25.9 Å². The quantitative estimate of drug-likeness (QED) is 0.259. The maximum atomic E-state index is 12.9. The molecule has 0 aromatic carbocycles. The second-order valence-electron chi connectivity index (χ2n) is 5.90. The van der Waals surface area contributed by atoms with Crippen molar-refractivity contribution in [1.29, 1.82) is 5.41 Å². The number of likely N-dealkylation sites (tertiary alicyclic amines) is 1. The van der Waals surface area contributed by atoms with Gasteiger partial charge in [-0.1, -0.05) is 5.16 Å². The molecule has 0 spiro atoms. The van der Waals surface area contributed by atoms with Gasteiger partial charge >= 0.3 is 0 Å². The zero-order chi connectivity index (χ0) is 18.1. The number of hydrogen-bond donors (Lipinski definition) is 4. The molecule has 1 atom stereocenters. The van der Waals surface area contributed by atoms with Gasteiger partial charge in [0, 0.05) is 31.9 Å². The van der Waals surface area contributed by atoms with Crippen molar-refractivity contribution in [2.75, 3.05) is 13.1 Å². The van der Waals surface area contributed by atoms with Crippen LogP contribution in [0.5, 0.6) is 0 Å². The molecule has 1 fully saturated rings. The van der Waals surface area contributed by atoms with E-state index in [2.05, 4.69) is 15.1 Å². The van der Waals surface area contributed by atoms with Crippen LogP contribution in [0.2, 0.25) is 0 Å². The van der Waals surface area contributed by atoms with Crippen LogP contribution in [0.4, 0.5) is 0 Å². The van der Waals surface area contributed by atoms with Crippen LogP contribution in [-0.2, 0) is 6.54 Å². The van der Waals surface area contributed by atoms with E-state index >= 15 is 0 Å². The Morgan fingerprint density at radius 2 is 2.28 bits per heavy atom. The minimum absolute atomic E-state index is 0.0198. The SMILES string of the molecule is CCn1c(/C(=N/O)C(=N)N)nc2cncc(C(=O)N3CCC(N)C3)c21. The number of aromatic nitrogens is 3. The number of carbonyl (C=O) groups is 1. The summed E-state index contributed by atoms with van der Waals surface area (Å²) in [5, 5.41) is 19.8. The van der Waals surface area contributed by atoms with E-state index in [1.54, 1.807) is 9.47 Å². The molecule has 1 amide bonds. The second-order valence-corrected chi connectivity index (χ2v) is 5.90. The molecule has 0 aliphatic carbocycles. The average Bonchev–Trinajstić information content (AvgIpc) is 3.17. The van der Waals surface area contributed by atoms with E-state index in [1.165, 1.54) is 12.4 Å². The summed E-state index contributed by atoms with van der Waals surface area (Å²) in [6, 6.07) is -0.0198. The van der Waals surface area contributed by atoms with Gasteiger partial charge in [-0.3, -0.25) is 15.2 Å². The first kappa shape index (κ1) is 16.8. The molecule has 1 saturated heterocycles. The number of carbonyl (C=O) groups excluding carboxylic acids is 1. The Bertz CT molecular complexity index is 872. The molecule has 3 rings (SSSR count). The highest BCUT2D eigenvalue weighted by Gasteiger charge is 2.28. The second kappa shape index (κ2) is 6.48. The molecule has 132 valence electrons. The first-order chi connectivity index (χ1) is 12.0. The highest BCUT2D eigenvalue weighted by molar-refractivity contribution is 6.45. The number of amides is 1. The predicted octanol–water partition coefficient (Wildman–Crippen LogP) is -0.261. The first-order valence-corrected chi connectivity index (χ1v) is 7.93. The van der Waals surface area contributed by atoms with Crippen molar-refractivity contribution in [3.05, 3.63) is 23.8 Å². The summed E-state index contributed by atoms with van der Waals surface area (Å²) >= 11 is 0. The highest BCUT2D eigenvalue weighted by Crippen LogP contribution is 2.23. The number of nitrogens with two attached hydrogens (primary N) is 2. The molecule has 0 radical (unpaired) electrons. The lowest BCUT2D eigenvalue weighted by Crippen LogP contribution is -2.32. The molecule has 6 N–H and O–H groups in total. The van der Waals surface area contributed by atoms with E-state index in [9.17, 15) is 10.0 Å². The van der Waals surface area contributed by atoms with Gasteiger partial charge in [0.05, 0.1) is 17.3 Å². The maximum absolute atomic E-state index is 12.9. The highest BCUT2D eigenvalue weighted by atomic mass is 16.4. The molecule has 2 aromatic heterocycles. The van der Waals surface area contributed by atoms with Gasteiger partial charge in [0.15, 0.2) is 11.5 Å². The van der Waals surface area contributed by atoms with Gasteiger partial charge in [-0.2, -0.15) is 0 Å². The smallest absolute Gasteiger partial charge is 0.257 e. The van der Waals surface area contributed by atoms with Crippen molar-refractivity contribution >= 4 is 28.5 Å². The predicted molar refractivity (Wildman–Crippen MR) is 91.9 cm³/mol. The fourth-order valence-corrected chi connectivity index (χ4v) is 3.09. The Balaban J connectivity index is 2.17. The minimum atomic E-state index is -0.418. The summed E-state index contributed by atoms with van der Waals surface area (Å²) < 4.78 is 1.69. The molecule has 10 nitrogen and oxygen atoms in total. The van der Waals surface area contributed by atoms with Crippen LogP contribution in [0.15, 0.2) is 17.5 Å². The molecule has 1 unspecified atom stereocenters. The van der Waals surface area contributed by atoms with Gasteiger partial charge in [0.1, 0.15) is 11.4 Å². The standard InChI is InChI=1S/C15H20N8O2/c1-2-23-12-9(15(24)22-4-3-8(16)7-22)5-19-6-10(12)20-14(23)11(21-25)13(17)18/h5-6,8,25H,2-4,7,16H2,1H3,(H3,17,18)/b21-11+. The van der Waals surface area contributed by atoms with Crippen molar-refractivity contribution in [2.24, 2.45) is 16.6 Å². The van der Waals surface area contributed by atoms with Crippen LogP contribution < -0.4 is 11.5 Å². The number of hydrogen-bond acceptors (Lipinski definition) is 7. The van der Waals surface area contributed by atoms with Crippen molar-refractivity contribution in [1.82, 2.24) is 19.4 Å². The summed E-state index contributed by atoms with van der Waals surface area (Å²) in [5.41, 5.74) is 12.6. The number of oxime groups is 1. The zero-order valence-corrected chi connectivity index (χ0v) is 13.8. The van der Waals surface area contributed by atoms with Gasteiger partial charge in [0.25, 0.3) is 5.91 Å². The molecule has 0 bridgehead atoms. The van der Waals surface area contributed by atoms with Crippen molar-refractivity contribution in [3.63, 3.8) is 0 Å². The third kappa shape index (κ3) is 2.80.